The molecule has 25 heavy (non-hydrogen) atoms. The number of para-hydroxylation sites is 2. The molecule has 1 N–H and O–H groups in total. The number of amides is 1. The number of carbonyl (C=O) groups is 1. The molecule has 0 saturated carbocycles. The molecule has 0 aliphatic rings. The Morgan fingerprint density at radius 3 is 2.64 bits per heavy atom. The lowest BCUT2D eigenvalue weighted by Crippen LogP contribution is -2.22. The first-order chi connectivity index (χ1) is 12.1. The molecular formula is C20H22N2O3. The second kappa shape index (κ2) is 7.30. The number of hydrogen-bond acceptors (Lipinski definition) is 3. The Bertz CT molecular complexity index is 899. The first-order valence-corrected chi connectivity index (χ1v) is 8.20. The summed E-state index contributed by atoms with van der Waals surface area (Å²) < 4.78 is 13.0. The van der Waals surface area contributed by atoms with Crippen molar-refractivity contribution in [2.24, 2.45) is 0 Å². The number of methoxy groups -OCH3 is 2. The van der Waals surface area contributed by atoms with Crippen LogP contribution < -0.4 is 14.8 Å². The van der Waals surface area contributed by atoms with Gasteiger partial charge in [-0.2, -0.15) is 0 Å². The number of aromatic nitrogens is 1. The van der Waals surface area contributed by atoms with Crippen LogP contribution in [0.1, 0.15) is 12.5 Å². The summed E-state index contributed by atoms with van der Waals surface area (Å²) in [6.45, 7) is 2.12. The van der Waals surface area contributed by atoms with Crippen molar-refractivity contribution in [2.75, 3.05) is 20.8 Å². The Morgan fingerprint density at radius 2 is 1.92 bits per heavy atom. The fourth-order valence-corrected chi connectivity index (χ4v) is 3.00. The highest BCUT2D eigenvalue weighted by Gasteiger charge is 2.13. The molecule has 0 aliphatic carbocycles. The standard InChI is InChI=1S/C20H22N2O3/c1-14(23)21-11-10-15-13-22(19-6-4-5-7-20(19)25-3)18-9-8-16(24-2)12-17(15)18/h4-9,12-13H,10-11H2,1-3H3,(H,21,23). The Labute approximate surface area is 147 Å². The van der Waals surface area contributed by atoms with Gasteiger partial charge in [-0.25, -0.2) is 0 Å². The number of nitrogens with one attached hydrogen (secondary N) is 1. The van der Waals surface area contributed by atoms with Crippen LogP contribution in [0.5, 0.6) is 11.5 Å². The minimum Gasteiger partial charge on any atom is -0.497 e. The van der Waals surface area contributed by atoms with Crippen molar-refractivity contribution in [3.63, 3.8) is 0 Å². The van der Waals surface area contributed by atoms with E-state index in [-0.39, 0.29) is 5.91 Å². The van der Waals surface area contributed by atoms with Gasteiger partial charge in [0.15, 0.2) is 0 Å². The molecule has 1 aromatic heterocycles. The zero-order chi connectivity index (χ0) is 17.8. The maximum atomic E-state index is 11.2. The van der Waals surface area contributed by atoms with Crippen molar-refractivity contribution in [1.29, 1.82) is 0 Å². The SMILES string of the molecule is COc1ccc2c(c1)c(CCNC(C)=O)cn2-c1ccccc1OC. The molecule has 0 atom stereocenters. The summed E-state index contributed by atoms with van der Waals surface area (Å²) in [6, 6.07) is 13.9. The number of fused-ring (bicyclic) bond motifs is 1. The fourth-order valence-electron chi connectivity index (χ4n) is 3.00. The minimum absolute atomic E-state index is 0.0222. The van der Waals surface area contributed by atoms with E-state index in [0.717, 1.165) is 40.1 Å². The van der Waals surface area contributed by atoms with Crippen molar-refractivity contribution in [2.45, 2.75) is 13.3 Å². The highest BCUT2D eigenvalue weighted by molar-refractivity contribution is 5.87. The molecule has 5 nitrogen and oxygen atoms in total. The first kappa shape index (κ1) is 16.9. The molecule has 0 radical (unpaired) electrons. The van der Waals surface area contributed by atoms with Gasteiger partial charge in [0.1, 0.15) is 11.5 Å². The van der Waals surface area contributed by atoms with E-state index in [1.807, 2.05) is 42.5 Å². The number of carbonyl (C=O) groups excluding carboxylic acids is 1. The van der Waals surface area contributed by atoms with Gasteiger partial charge in [-0.1, -0.05) is 12.1 Å². The van der Waals surface area contributed by atoms with E-state index in [2.05, 4.69) is 16.1 Å². The Kier molecular flexibility index (Phi) is 4.93. The van der Waals surface area contributed by atoms with E-state index in [1.54, 1.807) is 14.2 Å². The van der Waals surface area contributed by atoms with Crippen molar-refractivity contribution >= 4 is 16.8 Å². The van der Waals surface area contributed by atoms with Crippen LogP contribution in [0.15, 0.2) is 48.7 Å². The van der Waals surface area contributed by atoms with Gasteiger partial charge in [0.05, 0.1) is 25.4 Å². The van der Waals surface area contributed by atoms with Gasteiger partial charge >= 0.3 is 0 Å². The summed E-state index contributed by atoms with van der Waals surface area (Å²) in [6.07, 6.45) is 2.84. The largest absolute Gasteiger partial charge is 0.497 e. The van der Waals surface area contributed by atoms with Gasteiger partial charge in [-0.15, -0.1) is 0 Å². The highest BCUT2D eigenvalue weighted by Crippen LogP contribution is 2.32. The zero-order valence-electron chi connectivity index (χ0n) is 14.7. The molecular weight excluding hydrogens is 316 g/mol. The fraction of sp³-hybridized carbons (Fsp3) is 0.250. The van der Waals surface area contributed by atoms with Gasteiger partial charge in [0, 0.05) is 25.1 Å². The van der Waals surface area contributed by atoms with Crippen molar-refractivity contribution in [1.82, 2.24) is 9.88 Å². The van der Waals surface area contributed by atoms with Crippen LogP contribution in [-0.2, 0) is 11.2 Å². The lowest BCUT2D eigenvalue weighted by molar-refractivity contribution is -0.118. The number of rotatable bonds is 6. The Balaban J connectivity index is 2.11. The van der Waals surface area contributed by atoms with Crippen molar-refractivity contribution < 1.29 is 14.3 Å². The van der Waals surface area contributed by atoms with Crippen molar-refractivity contribution in [3.8, 4) is 17.2 Å². The van der Waals surface area contributed by atoms with Crippen LogP contribution in [0, 0.1) is 0 Å². The van der Waals surface area contributed by atoms with Gasteiger partial charge in [0.25, 0.3) is 0 Å². The van der Waals surface area contributed by atoms with Crippen LogP contribution >= 0.6 is 0 Å². The minimum atomic E-state index is -0.0222. The predicted octanol–water partition coefficient (Wildman–Crippen LogP) is 3.33. The predicted molar refractivity (Wildman–Crippen MR) is 98.8 cm³/mol. The van der Waals surface area contributed by atoms with E-state index in [0.29, 0.717) is 6.54 Å². The molecule has 0 saturated heterocycles. The molecule has 130 valence electrons. The monoisotopic (exact) mass is 338 g/mol. The van der Waals surface area contributed by atoms with Crippen LogP contribution in [0.2, 0.25) is 0 Å². The number of benzene rings is 2. The van der Waals surface area contributed by atoms with Gasteiger partial charge in [0.2, 0.25) is 5.91 Å². The lowest BCUT2D eigenvalue weighted by Gasteiger charge is -2.10. The van der Waals surface area contributed by atoms with E-state index >= 15 is 0 Å². The van der Waals surface area contributed by atoms with Gasteiger partial charge < -0.3 is 19.4 Å². The van der Waals surface area contributed by atoms with E-state index in [4.69, 9.17) is 9.47 Å². The third-order valence-corrected chi connectivity index (χ3v) is 4.21. The quantitative estimate of drug-likeness (QED) is 0.750. The highest BCUT2D eigenvalue weighted by atomic mass is 16.5. The summed E-state index contributed by atoms with van der Waals surface area (Å²) in [5.74, 6) is 1.60. The van der Waals surface area contributed by atoms with E-state index < -0.39 is 0 Å². The summed E-state index contributed by atoms with van der Waals surface area (Å²) >= 11 is 0. The second-order valence-corrected chi connectivity index (χ2v) is 5.81. The summed E-state index contributed by atoms with van der Waals surface area (Å²) in [5.41, 5.74) is 3.20. The Morgan fingerprint density at radius 1 is 1.12 bits per heavy atom. The molecule has 0 spiro atoms. The van der Waals surface area contributed by atoms with Crippen LogP contribution in [0.4, 0.5) is 0 Å². The number of nitrogens with zero attached hydrogens (tertiary/aromatic N) is 1. The molecule has 0 fully saturated rings. The topological polar surface area (TPSA) is 52.5 Å². The number of ether oxygens (including phenoxy) is 2. The molecule has 2 aromatic carbocycles. The third kappa shape index (κ3) is 3.45. The second-order valence-electron chi connectivity index (χ2n) is 5.81. The average molecular weight is 338 g/mol. The van der Waals surface area contributed by atoms with Crippen LogP contribution in [-0.4, -0.2) is 31.2 Å². The molecule has 3 aromatic rings. The van der Waals surface area contributed by atoms with Gasteiger partial charge in [-0.3, -0.25) is 4.79 Å². The van der Waals surface area contributed by atoms with E-state index in [1.165, 1.54) is 6.92 Å². The van der Waals surface area contributed by atoms with Crippen LogP contribution in [0.3, 0.4) is 0 Å². The molecule has 0 bridgehead atoms. The third-order valence-electron chi connectivity index (χ3n) is 4.21. The lowest BCUT2D eigenvalue weighted by atomic mass is 10.1. The number of hydrogen-bond donors (Lipinski definition) is 1. The molecule has 1 heterocycles. The molecule has 5 heteroatoms. The summed E-state index contributed by atoms with van der Waals surface area (Å²) in [7, 11) is 3.33. The maximum absolute atomic E-state index is 11.2. The van der Waals surface area contributed by atoms with Crippen molar-refractivity contribution in [3.05, 3.63) is 54.2 Å². The first-order valence-electron chi connectivity index (χ1n) is 8.20. The zero-order valence-corrected chi connectivity index (χ0v) is 14.7. The molecule has 0 aliphatic heterocycles. The Hall–Kier alpha value is -2.95. The van der Waals surface area contributed by atoms with Crippen LogP contribution in [0.25, 0.3) is 16.6 Å². The summed E-state index contributed by atoms with van der Waals surface area (Å²) in [4.78, 5) is 11.2. The molecule has 1 amide bonds. The maximum Gasteiger partial charge on any atom is 0.216 e. The smallest absolute Gasteiger partial charge is 0.216 e. The van der Waals surface area contributed by atoms with Gasteiger partial charge in [-0.05, 0) is 42.3 Å². The molecule has 0 unspecified atom stereocenters. The van der Waals surface area contributed by atoms with E-state index in [9.17, 15) is 4.79 Å². The average Bonchev–Trinajstić information content (AvgIpc) is 2.99. The normalized spacial score (nSPS) is 10.7. The summed E-state index contributed by atoms with van der Waals surface area (Å²) in [5, 5.41) is 3.96. The molecule has 3 rings (SSSR count).